The number of benzene rings is 2. The van der Waals surface area contributed by atoms with Crippen molar-refractivity contribution in [2.24, 2.45) is 5.92 Å². The van der Waals surface area contributed by atoms with E-state index in [1.807, 2.05) is 59.5 Å². The fourth-order valence-electron chi connectivity index (χ4n) is 4.60. The summed E-state index contributed by atoms with van der Waals surface area (Å²) in [6.45, 7) is 3.08. The minimum absolute atomic E-state index is 0.0106. The van der Waals surface area contributed by atoms with E-state index >= 15 is 0 Å². The van der Waals surface area contributed by atoms with Gasteiger partial charge in [-0.3, -0.25) is 9.59 Å². The Morgan fingerprint density at radius 2 is 1.42 bits per heavy atom. The van der Waals surface area contributed by atoms with Gasteiger partial charge in [0.1, 0.15) is 5.75 Å². The van der Waals surface area contributed by atoms with Crippen LogP contribution in [-0.2, 0) is 9.59 Å². The quantitative estimate of drug-likeness (QED) is 0.722. The zero-order valence-corrected chi connectivity index (χ0v) is 18.2. The zero-order chi connectivity index (χ0) is 21.5. The minimum atomic E-state index is -0.0106. The van der Waals surface area contributed by atoms with Crippen molar-refractivity contribution in [2.45, 2.75) is 38.5 Å². The number of hydrogen-bond donors (Lipinski definition) is 0. The number of carbonyl (C=O) groups is 2. The molecule has 0 aromatic heterocycles. The molecule has 2 amide bonds. The predicted molar refractivity (Wildman–Crippen MR) is 122 cm³/mol. The van der Waals surface area contributed by atoms with E-state index in [0.717, 1.165) is 49.9 Å². The van der Waals surface area contributed by atoms with Crippen molar-refractivity contribution >= 4 is 11.8 Å². The predicted octanol–water partition coefficient (Wildman–Crippen LogP) is 4.37. The van der Waals surface area contributed by atoms with Crippen LogP contribution in [0.1, 0.15) is 38.5 Å². The van der Waals surface area contributed by atoms with Crippen molar-refractivity contribution in [3.8, 4) is 16.9 Å². The average Bonchev–Trinajstić information content (AvgIpc) is 3.13. The van der Waals surface area contributed by atoms with Gasteiger partial charge in [0.25, 0.3) is 5.91 Å². The summed E-state index contributed by atoms with van der Waals surface area (Å²) in [5, 5.41) is 0. The molecule has 2 aromatic carbocycles. The van der Waals surface area contributed by atoms with Crippen LogP contribution in [0.25, 0.3) is 11.1 Å². The minimum Gasteiger partial charge on any atom is -0.483 e. The Morgan fingerprint density at radius 1 is 0.774 bits per heavy atom. The molecule has 0 bridgehead atoms. The fraction of sp³-hybridized carbons (Fsp3) is 0.462. The summed E-state index contributed by atoms with van der Waals surface area (Å²) in [6.07, 6.45) is 6.19. The standard InChI is InChI=1S/C26H32N2O3/c29-25(20-31-24-13-7-6-12-23(24)21-10-4-3-5-11-21)27-18-14-22(15-19-27)26(30)28-16-8-1-2-9-17-28/h3-7,10-13,22H,1-2,8-9,14-20H2. The number of para-hydroxylation sites is 1. The van der Waals surface area contributed by atoms with Crippen LogP contribution in [0.5, 0.6) is 5.75 Å². The maximum Gasteiger partial charge on any atom is 0.260 e. The SMILES string of the molecule is O=C(COc1ccccc1-c1ccccc1)N1CCC(C(=O)N2CCCCCC2)CC1. The zero-order valence-electron chi connectivity index (χ0n) is 18.2. The van der Waals surface area contributed by atoms with Crippen LogP contribution >= 0.6 is 0 Å². The van der Waals surface area contributed by atoms with Gasteiger partial charge in [-0.15, -0.1) is 0 Å². The van der Waals surface area contributed by atoms with Gasteiger partial charge in [-0.25, -0.2) is 0 Å². The van der Waals surface area contributed by atoms with Crippen LogP contribution in [0.2, 0.25) is 0 Å². The summed E-state index contributed by atoms with van der Waals surface area (Å²) in [4.78, 5) is 29.5. The lowest BCUT2D eigenvalue weighted by Crippen LogP contribution is -2.45. The molecule has 0 unspecified atom stereocenters. The molecule has 5 heteroatoms. The highest BCUT2D eigenvalue weighted by atomic mass is 16.5. The van der Waals surface area contributed by atoms with E-state index in [-0.39, 0.29) is 18.4 Å². The van der Waals surface area contributed by atoms with Gasteiger partial charge in [-0.2, -0.15) is 0 Å². The Bertz CT molecular complexity index is 867. The van der Waals surface area contributed by atoms with Crippen LogP contribution in [0.15, 0.2) is 54.6 Å². The topological polar surface area (TPSA) is 49.9 Å². The van der Waals surface area contributed by atoms with Gasteiger partial charge in [0, 0.05) is 37.7 Å². The van der Waals surface area contributed by atoms with E-state index in [4.69, 9.17) is 4.74 Å². The first-order chi connectivity index (χ1) is 15.2. The van der Waals surface area contributed by atoms with E-state index in [1.54, 1.807) is 0 Å². The molecular weight excluding hydrogens is 388 g/mol. The third kappa shape index (κ3) is 5.46. The van der Waals surface area contributed by atoms with E-state index in [2.05, 4.69) is 4.90 Å². The van der Waals surface area contributed by atoms with Crippen LogP contribution in [0.4, 0.5) is 0 Å². The molecule has 5 nitrogen and oxygen atoms in total. The molecule has 2 fully saturated rings. The van der Waals surface area contributed by atoms with Crippen molar-refractivity contribution in [3.63, 3.8) is 0 Å². The van der Waals surface area contributed by atoms with Gasteiger partial charge >= 0.3 is 0 Å². The van der Waals surface area contributed by atoms with Crippen molar-refractivity contribution in [2.75, 3.05) is 32.8 Å². The van der Waals surface area contributed by atoms with Gasteiger partial charge in [0.2, 0.25) is 5.91 Å². The lowest BCUT2D eigenvalue weighted by Gasteiger charge is -2.34. The van der Waals surface area contributed by atoms with Gasteiger partial charge in [-0.05, 0) is 37.3 Å². The summed E-state index contributed by atoms with van der Waals surface area (Å²) in [6, 6.07) is 17.9. The van der Waals surface area contributed by atoms with Crippen LogP contribution in [0.3, 0.4) is 0 Å². The second kappa shape index (κ2) is 10.5. The van der Waals surface area contributed by atoms with Crippen molar-refractivity contribution in [3.05, 3.63) is 54.6 Å². The molecule has 0 atom stereocenters. The number of piperidine rings is 1. The number of nitrogens with zero attached hydrogens (tertiary/aromatic N) is 2. The van der Waals surface area contributed by atoms with Crippen LogP contribution in [0, 0.1) is 5.92 Å². The van der Waals surface area contributed by atoms with Crippen LogP contribution < -0.4 is 4.74 Å². The molecule has 0 aliphatic carbocycles. The maximum atomic E-state index is 12.9. The highest BCUT2D eigenvalue weighted by Crippen LogP contribution is 2.29. The molecule has 0 N–H and O–H groups in total. The maximum absolute atomic E-state index is 12.9. The molecule has 0 saturated carbocycles. The fourth-order valence-corrected chi connectivity index (χ4v) is 4.60. The summed E-state index contributed by atoms with van der Waals surface area (Å²) < 4.78 is 5.92. The lowest BCUT2D eigenvalue weighted by atomic mass is 9.95. The number of rotatable bonds is 5. The summed E-state index contributed by atoms with van der Waals surface area (Å²) >= 11 is 0. The van der Waals surface area contributed by atoms with E-state index < -0.39 is 0 Å². The third-order valence-corrected chi connectivity index (χ3v) is 6.44. The molecule has 2 saturated heterocycles. The van der Waals surface area contributed by atoms with E-state index in [1.165, 1.54) is 12.8 Å². The Hall–Kier alpha value is -2.82. The van der Waals surface area contributed by atoms with Gasteiger partial charge in [0.15, 0.2) is 6.61 Å². The molecule has 31 heavy (non-hydrogen) atoms. The number of ether oxygens (including phenoxy) is 1. The summed E-state index contributed by atoms with van der Waals surface area (Å²) in [7, 11) is 0. The Labute approximate surface area is 185 Å². The van der Waals surface area contributed by atoms with E-state index in [0.29, 0.717) is 24.7 Å². The molecule has 2 aromatic rings. The lowest BCUT2D eigenvalue weighted by molar-refractivity contribution is -0.141. The number of amides is 2. The number of hydrogen-bond acceptors (Lipinski definition) is 3. The highest BCUT2D eigenvalue weighted by molar-refractivity contribution is 5.81. The van der Waals surface area contributed by atoms with E-state index in [9.17, 15) is 9.59 Å². The van der Waals surface area contributed by atoms with Gasteiger partial charge < -0.3 is 14.5 Å². The average molecular weight is 421 g/mol. The summed E-state index contributed by atoms with van der Waals surface area (Å²) in [5.74, 6) is 1.06. The first-order valence-electron chi connectivity index (χ1n) is 11.6. The largest absolute Gasteiger partial charge is 0.483 e. The van der Waals surface area contributed by atoms with Crippen molar-refractivity contribution in [1.82, 2.24) is 9.80 Å². The Morgan fingerprint density at radius 3 is 2.13 bits per heavy atom. The molecule has 2 heterocycles. The third-order valence-electron chi connectivity index (χ3n) is 6.44. The normalized spacial score (nSPS) is 17.8. The molecule has 0 radical (unpaired) electrons. The van der Waals surface area contributed by atoms with Crippen molar-refractivity contribution in [1.29, 1.82) is 0 Å². The Balaban J connectivity index is 1.29. The first kappa shape index (κ1) is 21.4. The number of likely N-dealkylation sites (tertiary alicyclic amines) is 2. The van der Waals surface area contributed by atoms with Crippen molar-refractivity contribution < 1.29 is 14.3 Å². The number of carbonyl (C=O) groups excluding carboxylic acids is 2. The molecule has 164 valence electrons. The van der Waals surface area contributed by atoms with Gasteiger partial charge in [0.05, 0.1) is 0 Å². The highest BCUT2D eigenvalue weighted by Gasteiger charge is 2.30. The summed E-state index contributed by atoms with van der Waals surface area (Å²) in [5.41, 5.74) is 2.05. The molecule has 4 rings (SSSR count). The second-order valence-electron chi connectivity index (χ2n) is 8.55. The monoisotopic (exact) mass is 420 g/mol. The van der Waals surface area contributed by atoms with Crippen LogP contribution in [-0.4, -0.2) is 54.4 Å². The molecule has 2 aliphatic rings. The first-order valence-corrected chi connectivity index (χ1v) is 11.6. The molecule has 0 spiro atoms. The Kier molecular flexibility index (Phi) is 7.23. The smallest absolute Gasteiger partial charge is 0.260 e. The second-order valence-corrected chi connectivity index (χ2v) is 8.55. The molecular formula is C26H32N2O3. The van der Waals surface area contributed by atoms with Gasteiger partial charge in [-0.1, -0.05) is 61.4 Å². The molecule has 2 aliphatic heterocycles.